The van der Waals surface area contributed by atoms with Crippen molar-refractivity contribution in [2.24, 2.45) is 0 Å². The lowest BCUT2D eigenvalue weighted by Crippen LogP contribution is -2.17. The highest BCUT2D eigenvalue weighted by Gasteiger charge is 2.30. The molecule has 1 aromatic heterocycles. The fourth-order valence-electron chi connectivity index (χ4n) is 4.11. The molecule has 0 radical (unpaired) electrons. The van der Waals surface area contributed by atoms with Crippen LogP contribution in [0.15, 0.2) is 54.7 Å². The van der Waals surface area contributed by atoms with Crippen LogP contribution in [0.3, 0.4) is 0 Å². The van der Waals surface area contributed by atoms with Crippen LogP contribution in [-0.2, 0) is 38.4 Å². The van der Waals surface area contributed by atoms with Crippen LogP contribution < -0.4 is 5.32 Å². The van der Waals surface area contributed by atoms with Gasteiger partial charge in [-0.05, 0) is 72.5 Å². The van der Waals surface area contributed by atoms with Crippen molar-refractivity contribution < 1.29 is 13.2 Å². The third kappa shape index (κ3) is 5.70. The number of nitrogens with zero attached hydrogens (tertiary/aromatic N) is 2. The molecule has 3 nitrogen and oxygen atoms in total. The third-order valence-corrected chi connectivity index (χ3v) is 5.82. The van der Waals surface area contributed by atoms with Gasteiger partial charge in [0.1, 0.15) is 0 Å². The van der Waals surface area contributed by atoms with Gasteiger partial charge in [-0.2, -0.15) is 23.4 Å². The van der Waals surface area contributed by atoms with E-state index in [0.29, 0.717) is 25.1 Å². The van der Waals surface area contributed by atoms with Crippen molar-refractivity contribution in [2.75, 3.05) is 6.54 Å². The van der Waals surface area contributed by atoms with Crippen LogP contribution in [-0.4, -0.2) is 16.7 Å². The minimum atomic E-state index is -4.30. The van der Waals surface area contributed by atoms with E-state index >= 15 is 0 Å². The molecule has 0 fully saturated rings. The molecule has 0 bridgehead atoms. The lowest BCUT2D eigenvalue weighted by molar-refractivity contribution is -0.137. The molecule has 0 unspecified atom stereocenters. The maximum atomic E-state index is 12.8. The van der Waals surface area contributed by atoms with Gasteiger partial charge in [0.15, 0.2) is 0 Å². The Kier molecular flexibility index (Phi) is 6.66. The van der Waals surface area contributed by atoms with Gasteiger partial charge in [-0.1, -0.05) is 42.5 Å². The number of aryl methyl sites for hydroxylation is 1. The lowest BCUT2D eigenvalue weighted by Gasteiger charge is -2.17. The van der Waals surface area contributed by atoms with Crippen LogP contribution in [0.25, 0.3) is 0 Å². The van der Waals surface area contributed by atoms with Gasteiger partial charge in [-0.25, -0.2) is 0 Å². The molecule has 0 spiro atoms. The van der Waals surface area contributed by atoms with Crippen molar-refractivity contribution >= 4 is 0 Å². The van der Waals surface area contributed by atoms with Gasteiger partial charge in [0, 0.05) is 13.0 Å². The number of hydrogen-bond donors (Lipinski definition) is 1. The minimum absolute atomic E-state index is 0.555. The molecule has 0 atom stereocenters. The van der Waals surface area contributed by atoms with E-state index in [0.717, 1.165) is 36.6 Å². The molecule has 2 aromatic carbocycles. The van der Waals surface area contributed by atoms with Crippen LogP contribution in [0.4, 0.5) is 13.2 Å². The molecule has 1 heterocycles. The number of rotatable bonds is 7. The Morgan fingerprint density at radius 2 is 1.68 bits per heavy atom. The summed E-state index contributed by atoms with van der Waals surface area (Å²) in [5.74, 6) is 0. The third-order valence-electron chi connectivity index (χ3n) is 5.82. The normalized spacial score (nSPS) is 13.8. The van der Waals surface area contributed by atoms with Gasteiger partial charge in [0.2, 0.25) is 0 Å². The second-order valence-electron chi connectivity index (χ2n) is 8.12. The summed E-state index contributed by atoms with van der Waals surface area (Å²) < 4.78 is 38.4. The summed E-state index contributed by atoms with van der Waals surface area (Å²) in [6.45, 7) is 1.30. The summed E-state index contributed by atoms with van der Waals surface area (Å²) in [6, 6.07) is 13.9. The predicted octanol–water partition coefficient (Wildman–Crippen LogP) is 5.30. The van der Waals surface area contributed by atoms with E-state index in [4.69, 9.17) is 0 Å². The maximum absolute atomic E-state index is 12.8. The first-order valence-electron chi connectivity index (χ1n) is 10.8. The molecule has 0 amide bonds. The zero-order valence-corrected chi connectivity index (χ0v) is 17.4. The quantitative estimate of drug-likeness (QED) is 0.522. The van der Waals surface area contributed by atoms with Crippen molar-refractivity contribution in [3.63, 3.8) is 0 Å². The van der Waals surface area contributed by atoms with Crippen molar-refractivity contribution in [3.05, 3.63) is 93.8 Å². The number of nitrogens with one attached hydrogen (secondary N) is 1. The van der Waals surface area contributed by atoms with Gasteiger partial charge in [-0.15, -0.1) is 0 Å². The average Bonchev–Trinajstić information content (AvgIpc) is 2.78. The van der Waals surface area contributed by atoms with E-state index in [9.17, 15) is 13.2 Å². The Labute approximate surface area is 180 Å². The summed E-state index contributed by atoms with van der Waals surface area (Å²) >= 11 is 0. The molecule has 1 aliphatic rings. The van der Waals surface area contributed by atoms with Crippen molar-refractivity contribution in [2.45, 2.75) is 51.2 Å². The number of alkyl halides is 3. The standard InChI is InChI=1S/C25H26F3N3/c26-25(27,28)22-6-3-4-18(14-22)12-13-29-16-20-10-8-19(9-11-20)15-24-23-7-2-1-5-21(23)17-30-31-24/h3-4,6,8-11,14,17,29H,1-2,5,7,12-13,15-16H2. The second kappa shape index (κ2) is 9.60. The van der Waals surface area contributed by atoms with E-state index in [1.807, 2.05) is 6.20 Å². The molecule has 0 aliphatic heterocycles. The van der Waals surface area contributed by atoms with E-state index < -0.39 is 11.7 Å². The van der Waals surface area contributed by atoms with Gasteiger partial charge in [-0.3, -0.25) is 0 Å². The van der Waals surface area contributed by atoms with Crippen LogP contribution in [0.5, 0.6) is 0 Å². The zero-order chi connectivity index (χ0) is 21.7. The Balaban J connectivity index is 1.28. The maximum Gasteiger partial charge on any atom is 0.416 e. The van der Waals surface area contributed by atoms with Crippen molar-refractivity contribution in [3.8, 4) is 0 Å². The fourth-order valence-corrected chi connectivity index (χ4v) is 4.11. The highest BCUT2D eigenvalue weighted by atomic mass is 19.4. The van der Waals surface area contributed by atoms with Gasteiger partial charge >= 0.3 is 6.18 Å². The van der Waals surface area contributed by atoms with Gasteiger partial charge < -0.3 is 5.32 Å². The number of aromatic nitrogens is 2. The Morgan fingerprint density at radius 3 is 2.48 bits per heavy atom. The topological polar surface area (TPSA) is 37.8 Å². The highest BCUT2D eigenvalue weighted by molar-refractivity contribution is 5.34. The number of fused-ring (bicyclic) bond motifs is 1. The Morgan fingerprint density at radius 1 is 0.903 bits per heavy atom. The van der Waals surface area contributed by atoms with E-state index in [-0.39, 0.29) is 0 Å². The van der Waals surface area contributed by atoms with Crippen LogP contribution in [0, 0.1) is 0 Å². The van der Waals surface area contributed by atoms with Crippen LogP contribution in [0.1, 0.15) is 51.9 Å². The summed E-state index contributed by atoms with van der Waals surface area (Å²) in [5, 5.41) is 11.9. The summed E-state index contributed by atoms with van der Waals surface area (Å²) in [5.41, 5.74) is 6.26. The molecule has 0 saturated carbocycles. The smallest absolute Gasteiger partial charge is 0.312 e. The molecule has 1 aliphatic carbocycles. The first-order valence-corrected chi connectivity index (χ1v) is 10.8. The van der Waals surface area contributed by atoms with Crippen molar-refractivity contribution in [1.82, 2.24) is 15.5 Å². The number of benzene rings is 2. The largest absolute Gasteiger partial charge is 0.416 e. The Hall–Kier alpha value is -2.73. The molecule has 6 heteroatoms. The first kappa shape index (κ1) is 21.5. The number of hydrogen-bond acceptors (Lipinski definition) is 3. The van der Waals surface area contributed by atoms with Crippen LogP contribution in [0.2, 0.25) is 0 Å². The average molecular weight is 425 g/mol. The second-order valence-corrected chi connectivity index (χ2v) is 8.12. The molecule has 4 rings (SSSR count). The monoisotopic (exact) mass is 425 g/mol. The molecule has 0 saturated heterocycles. The van der Waals surface area contributed by atoms with Gasteiger partial charge in [0.05, 0.1) is 17.5 Å². The molecular weight excluding hydrogens is 399 g/mol. The molecular formula is C25H26F3N3. The van der Waals surface area contributed by atoms with E-state index in [2.05, 4.69) is 39.8 Å². The Bertz CT molecular complexity index is 1010. The van der Waals surface area contributed by atoms with Crippen molar-refractivity contribution in [1.29, 1.82) is 0 Å². The summed E-state index contributed by atoms with van der Waals surface area (Å²) in [7, 11) is 0. The predicted molar refractivity (Wildman–Crippen MR) is 115 cm³/mol. The molecule has 3 aromatic rings. The zero-order valence-electron chi connectivity index (χ0n) is 17.4. The van der Waals surface area contributed by atoms with Gasteiger partial charge in [0.25, 0.3) is 0 Å². The summed E-state index contributed by atoms with van der Waals surface area (Å²) in [6.07, 6.45) is 3.60. The molecule has 31 heavy (non-hydrogen) atoms. The summed E-state index contributed by atoms with van der Waals surface area (Å²) in [4.78, 5) is 0. The van der Waals surface area contributed by atoms with E-state index in [1.165, 1.54) is 41.7 Å². The highest BCUT2D eigenvalue weighted by Crippen LogP contribution is 2.29. The lowest BCUT2D eigenvalue weighted by atomic mass is 9.90. The van der Waals surface area contributed by atoms with Crippen LogP contribution >= 0.6 is 0 Å². The van der Waals surface area contributed by atoms with E-state index in [1.54, 1.807) is 6.07 Å². The SMILES string of the molecule is FC(F)(F)c1cccc(CCNCc2ccc(Cc3nncc4c3CCCC4)cc2)c1. The minimum Gasteiger partial charge on any atom is -0.312 e. The first-order chi connectivity index (χ1) is 15.0. The number of halogens is 3. The molecule has 1 N–H and O–H groups in total. The molecule has 162 valence electrons. The fraction of sp³-hybridized carbons (Fsp3) is 0.360.